The summed E-state index contributed by atoms with van der Waals surface area (Å²) in [6.07, 6.45) is 4.35. The maximum Gasteiger partial charge on any atom is 0.355 e. The summed E-state index contributed by atoms with van der Waals surface area (Å²) in [4.78, 5) is 39.2. The first-order chi connectivity index (χ1) is 12.3. The Bertz CT molecular complexity index is 680. The monoisotopic (exact) mass is 364 g/mol. The number of H-pyrrole nitrogens is 1. The van der Waals surface area contributed by atoms with Gasteiger partial charge in [-0.25, -0.2) is 9.59 Å². The largest absolute Gasteiger partial charge is 0.461 e. The lowest BCUT2D eigenvalue weighted by atomic mass is 9.86. The van der Waals surface area contributed by atoms with E-state index in [0.29, 0.717) is 17.2 Å². The molecule has 1 heterocycles. The average molecular weight is 364 g/mol. The molecule has 1 saturated carbocycles. The zero-order valence-electron chi connectivity index (χ0n) is 15.9. The summed E-state index contributed by atoms with van der Waals surface area (Å²) in [5, 5.41) is 2.95. The summed E-state index contributed by atoms with van der Waals surface area (Å²) in [5.74, 6) is -1.01. The molecule has 2 N–H and O–H groups in total. The highest BCUT2D eigenvalue weighted by atomic mass is 16.5. The van der Waals surface area contributed by atoms with Gasteiger partial charge in [-0.1, -0.05) is 19.8 Å². The third-order valence-corrected chi connectivity index (χ3v) is 4.91. The fourth-order valence-corrected chi connectivity index (χ4v) is 3.45. The summed E-state index contributed by atoms with van der Waals surface area (Å²) >= 11 is 0. The Kier molecular flexibility index (Phi) is 6.83. The van der Waals surface area contributed by atoms with Gasteiger partial charge in [0.25, 0.3) is 5.91 Å². The standard InChI is InChI=1S/C19H28N2O5/c1-5-25-19(24)17-12(3)16(13(4)20-17)18(23)26-10-15(22)21-14-9-7-6-8-11(14)2/h11,14,20H,5-10H2,1-4H3,(H,21,22)/t11-,14+/m0/s1. The van der Waals surface area contributed by atoms with E-state index in [1.165, 1.54) is 6.42 Å². The Morgan fingerprint density at radius 1 is 1.12 bits per heavy atom. The number of hydrogen-bond acceptors (Lipinski definition) is 5. The molecule has 0 aromatic carbocycles. The number of esters is 2. The van der Waals surface area contributed by atoms with Gasteiger partial charge in [-0.05, 0) is 45.1 Å². The van der Waals surface area contributed by atoms with Crippen molar-refractivity contribution < 1.29 is 23.9 Å². The Balaban J connectivity index is 1.95. The third-order valence-electron chi connectivity index (χ3n) is 4.91. The topological polar surface area (TPSA) is 97.5 Å². The van der Waals surface area contributed by atoms with Crippen LogP contribution in [-0.4, -0.2) is 42.1 Å². The van der Waals surface area contributed by atoms with E-state index in [9.17, 15) is 14.4 Å². The lowest BCUT2D eigenvalue weighted by Crippen LogP contribution is -2.42. The first kappa shape index (κ1) is 20.0. The summed E-state index contributed by atoms with van der Waals surface area (Å²) in [7, 11) is 0. The zero-order chi connectivity index (χ0) is 19.3. The molecular weight excluding hydrogens is 336 g/mol. The molecular formula is C19H28N2O5. The number of aromatic amines is 1. The number of aryl methyl sites for hydroxylation is 1. The van der Waals surface area contributed by atoms with E-state index in [0.717, 1.165) is 19.3 Å². The molecule has 0 bridgehead atoms. The molecule has 0 spiro atoms. The van der Waals surface area contributed by atoms with Crippen molar-refractivity contribution in [1.29, 1.82) is 0 Å². The highest BCUT2D eigenvalue weighted by molar-refractivity contribution is 5.99. The van der Waals surface area contributed by atoms with E-state index in [4.69, 9.17) is 9.47 Å². The van der Waals surface area contributed by atoms with Crippen molar-refractivity contribution in [1.82, 2.24) is 10.3 Å². The highest BCUT2D eigenvalue weighted by Gasteiger charge is 2.26. The van der Waals surface area contributed by atoms with Crippen LogP contribution >= 0.6 is 0 Å². The van der Waals surface area contributed by atoms with Crippen molar-refractivity contribution in [2.24, 2.45) is 5.92 Å². The number of ether oxygens (including phenoxy) is 2. The van der Waals surface area contributed by atoms with Gasteiger partial charge >= 0.3 is 11.9 Å². The first-order valence-corrected chi connectivity index (χ1v) is 9.17. The minimum Gasteiger partial charge on any atom is -0.461 e. The van der Waals surface area contributed by atoms with Crippen LogP contribution in [0.1, 0.15) is 71.6 Å². The maximum atomic E-state index is 12.4. The SMILES string of the molecule is CCOC(=O)c1[nH]c(C)c(C(=O)OCC(=O)N[C@@H]2CCCC[C@@H]2C)c1C. The van der Waals surface area contributed by atoms with E-state index in [2.05, 4.69) is 17.2 Å². The van der Waals surface area contributed by atoms with Gasteiger partial charge in [-0.3, -0.25) is 4.79 Å². The average Bonchev–Trinajstić information content (AvgIpc) is 2.90. The minimum atomic E-state index is -0.626. The maximum absolute atomic E-state index is 12.4. The van der Waals surface area contributed by atoms with Gasteiger partial charge in [0.05, 0.1) is 12.2 Å². The molecule has 1 fully saturated rings. The quantitative estimate of drug-likeness (QED) is 0.756. The van der Waals surface area contributed by atoms with Crippen molar-refractivity contribution in [3.63, 3.8) is 0 Å². The van der Waals surface area contributed by atoms with Crippen molar-refractivity contribution in [3.05, 3.63) is 22.5 Å². The number of hydrogen-bond donors (Lipinski definition) is 2. The van der Waals surface area contributed by atoms with E-state index >= 15 is 0 Å². The van der Waals surface area contributed by atoms with Gasteiger partial charge < -0.3 is 19.8 Å². The van der Waals surface area contributed by atoms with Gasteiger partial charge in [0.15, 0.2) is 6.61 Å². The molecule has 0 saturated heterocycles. The molecule has 7 nitrogen and oxygen atoms in total. The molecule has 1 aromatic rings. The normalized spacial score (nSPS) is 19.7. The summed E-state index contributed by atoms with van der Waals surface area (Å²) in [6.45, 7) is 7.08. The fourth-order valence-electron chi connectivity index (χ4n) is 3.45. The van der Waals surface area contributed by atoms with Crippen LogP contribution in [0, 0.1) is 19.8 Å². The number of carbonyl (C=O) groups is 3. The van der Waals surface area contributed by atoms with E-state index in [-0.39, 0.29) is 36.4 Å². The first-order valence-electron chi connectivity index (χ1n) is 9.17. The summed E-state index contributed by atoms with van der Waals surface area (Å²) in [6, 6.07) is 0.140. The molecule has 1 amide bonds. The van der Waals surface area contributed by atoms with Crippen molar-refractivity contribution in [2.45, 2.75) is 59.4 Å². The van der Waals surface area contributed by atoms with Gasteiger partial charge in [-0.15, -0.1) is 0 Å². The molecule has 26 heavy (non-hydrogen) atoms. The second-order valence-electron chi connectivity index (χ2n) is 6.86. The van der Waals surface area contributed by atoms with E-state index in [1.807, 2.05) is 0 Å². The lowest BCUT2D eigenvalue weighted by molar-refractivity contribution is -0.125. The zero-order valence-corrected chi connectivity index (χ0v) is 15.9. The highest BCUT2D eigenvalue weighted by Crippen LogP contribution is 2.23. The van der Waals surface area contributed by atoms with E-state index < -0.39 is 11.9 Å². The smallest absolute Gasteiger partial charge is 0.355 e. The molecule has 144 valence electrons. The predicted molar refractivity (Wildman–Crippen MR) is 96.1 cm³/mol. The number of nitrogens with one attached hydrogen (secondary N) is 2. The number of rotatable bonds is 6. The Labute approximate surface area is 153 Å². The van der Waals surface area contributed by atoms with Crippen LogP contribution in [0.2, 0.25) is 0 Å². The number of carbonyl (C=O) groups excluding carboxylic acids is 3. The molecule has 2 rings (SSSR count). The Morgan fingerprint density at radius 2 is 1.81 bits per heavy atom. The molecule has 0 unspecified atom stereocenters. The van der Waals surface area contributed by atoms with Crippen LogP contribution in [0.15, 0.2) is 0 Å². The second kappa shape index (κ2) is 8.87. The van der Waals surface area contributed by atoms with Crippen LogP contribution in [-0.2, 0) is 14.3 Å². The molecule has 0 radical (unpaired) electrons. The van der Waals surface area contributed by atoms with Crippen LogP contribution in [0.4, 0.5) is 0 Å². The number of amides is 1. The van der Waals surface area contributed by atoms with Gasteiger partial charge in [-0.2, -0.15) is 0 Å². The Morgan fingerprint density at radius 3 is 2.46 bits per heavy atom. The molecule has 7 heteroatoms. The van der Waals surface area contributed by atoms with Crippen LogP contribution in [0.3, 0.4) is 0 Å². The van der Waals surface area contributed by atoms with Crippen LogP contribution < -0.4 is 5.32 Å². The lowest BCUT2D eigenvalue weighted by Gasteiger charge is -2.29. The Hall–Kier alpha value is -2.31. The molecule has 2 atom stereocenters. The molecule has 1 aliphatic carbocycles. The fraction of sp³-hybridized carbons (Fsp3) is 0.632. The molecule has 1 aliphatic rings. The van der Waals surface area contributed by atoms with Crippen LogP contribution in [0.25, 0.3) is 0 Å². The van der Waals surface area contributed by atoms with E-state index in [1.54, 1.807) is 20.8 Å². The van der Waals surface area contributed by atoms with Crippen molar-refractivity contribution in [3.8, 4) is 0 Å². The summed E-state index contributed by atoms with van der Waals surface area (Å²) in [5.41, 5.74) is 1.48. The number of aromatic nitrogens is 1. The van der Waals surface area contributed by atoms with Gasteiger partial charge in [0.1, 0.15) is 5.69 Å². The second-order valence-corrected chi connectivity index (χ2v) is 6.86. The van der Waals surface area contributed by atoms with Crippen molar-refractivity contribution >= 4 is 17.8 Å². The minimum absolute atomic E-state index is 0.140. The van der Waals surface area contributed by atoms with Crippen molar-refractivity contribution in [2.75, 3.05) is 13.2 Å². The molecule has 0 aliphatic heterocycles. The van der Waals surface area contributed by atoms with Crippen LogP contribution in [0.5, 0.6) is 0 Å². The predicted octanol–water partition coefficient (Wildman–Crippen LogP) is 2.66. The molecule has 1 aromatic heterocycles. The third kappa shape index (κ3) is 4.65. The van der Waals surface area contributed by atoms with Gasteiger partial charge in [0, 0.05) is 11.7 Å². The summed E-state index contributed by atoms with van der Waals surface area (Å²) < 4.78 is 10.1. The van der Waals surface area contributed by atoms with Gasteiger partial charge in [0.2, 0.25) is 0 Å².